The number of carbonyl (C=O) groups excluding carboxylic acids is 2. The first kappa shape index (κ1) is 16.9. The predicted octanol–water partition coefficient (Wildman–Crippen LogP) is 2.96. The molecule has 0 spiro atoms. The Kier molecular flexibility index (Phi) is 4.55. The van der Waals surface area contributed by atoms with Crippen LogP contribution in [0.25, 0.3) is 0 Å². The number of amides is 2. The minimum absolute atomic E-state index is 0.0468. The van der Waals surface area contributed by atoms with Gasteiger partial charge in [-0.1, -0.05) is 22.0 Å². The van der Waals surface area contributed by atoms with Crippen molar-refractivity contribution in [3.8, 4) is 11.5 Å². The zero-order valence-corrected chi connectivity index (χ0v) is 15.5. The Balaban J connectivity index is 1.38. The molecule has 1 atom stereocenters. The molecule has 1 unspecified atom stereocenters. The van der Waals surface area contributed by atoms with Gasteiger partial charge in [0.15, 0.2) is 11.5 Å². The van der Waals surface area contributed by atoms with E-state index in [1.54, 1.807) is 17.0 Å². The van der Waals surface area contributed by atoms with Gasteiger partial charge in [0, 0.05) is 47.2 Å². The summed E-state index contributed by atoms with van der Waals surface area (Å²) < 4.78 is 11.5. The van der Waals surface area contributed by atoms with Crippen LogP contribution in [-0.2, 0) is 4.79 Å². The minimum atomic E-state index is -0.139. The summed E-state index contributed by atoms with van der Waals surface area (Å²) in [4.78, 5) is 26.4. The van der Waals surface area contributed by atoms with E-state index in [0.717, 1.165) is 10.2 Å². The molecule has 4 rings (SSSR count). The zero-order valence-electron chi connectivity index (χ0n) is 13.9. The van der Waals surface area contributed by atoms with Gasteiger partial charge in [-0.2, -0.15) is 0 Å². The SMILES string of the molecule is O=C(NCC1CC(=O)N(c2ccc3c(c2)OCO3)C1)c1cccc(Br)c1. The average Bonchev–Trinajstić information content (AvgIpc) is 3.25. The summed E-state index contributed by atoms with van der Waals surface area (Å²) in [7, 11) is 0. The smallest absolute Gasteiger partial charge is 0.251 e. The van der Waals surface area contributed by atoms with Gasteiger partial charge in [0.1, 0.15) is 0 Å². The van der Waals surface area contributed by atoms with Gasteiger partial charge in [0.2, 0.25) is 12.7 Å². The Morgan fingerprint density at radius 1 is 1.19 bits per heavy atom. The van der Waals surface area contributed by atoms with Crippen LogP contribution in [0.2, 0.25) is 0 Å². The highest BCUT2D eigenvalue weighted by Gasteiger charge is 2.31. The van der Waals surface area contributed by atoms with Crippen molar-refractivity contribution in [1.82, 2.24) is 5.32 Å². The Morgan fingerprint density at radius 2 is 2.04 bits per heavy atom. The molecule has 0 radical (unpaired) electrons. The third-order valence-electron chi connectivity index (χ3n) is 4.51. The monoisotopic (exact) mass is 416 g/mol. The summed E-state index contributed by atoms with van der Waals surface area (Å²) in [6, 6.07) is 12.7. The molecule has 2 heterocycles. The van der Waals surface area contributed by atoms with Gasteiger partial charge in [0.25, 0.3) is 5.91 Å². The standard InChI is InChI=1S/C19H17BrN2O4/c20-14-3-1-2-13(7-14)19(24)21-9-12-6-18(23)22(10-12)15-4-5-16-17(8-15)26-11-25-16/h1-5,7-8,12H,6,9-11H2,(H,21,24). The molecule has 2 aliphatic heterocycles. The fourth-order valence-corrected chi connectivity index (χ4v) is 3.59. The van der Waals surface area contributed by atoms with Crippen molar-refractivity contribution in [2.24, 2.45) is 5.92 Å². The number of fused-ring (bicyclic) bond motifs is 1. The van der Waals surface area contributed by atoms with Gasteiger partial charge in [-0.3, -0.25) is 9.59 Å². The largest absolute Gasteiger partial charge is 0.454 e. The maximum absolute atomic E-state index is 12.4. The number of hydrogen-bond donors (Lipinski definition) is 1. The molecular weight excluding hydrogens is 400 g/mol. The number of rotatable bonds is 4. The third kappa shape index (κ3) is 3.39. The second-order valence-corrected chi connectivity index (χ2v) is 7.25. The fourth-order valence-electron chi connectivity index (χ4n) is 3.19. The van der Waals surface area contributed by atoms with Crippen molar-refractivity contribution in [1.29, 1.82) is 0 Å². The summed E-state index contributed by atoms with van der Waals surface area (Å²) in [5.41, 5.74) is 1.39. The number of ether oxygens (including phenoxy) is 2. The molecule has 0 aromatic heterocycles. The van der Waals surface area contributed by atoms with Crippen LogP contribution in [0.4, 0.5) is 5.69 Å². The summed E-state index contributed by atoms with van der Waals surface area (Å²) >= 11 is 3.36. The Morgan fingerprint density at radius 3 is 2.88 bits per heavy atom. The Bertz CT molecular complexity index is 870. The highest BCUT2D eigenvalue weighted by Crippen LogP contribution is 2.37. The number of anilines is 1. The van der Waals surface area contributed by atoms with Crippen LogP contribution in [0, 0.1) is 5.92 Å². The van der Waals surface area contributed by atoms with E-state index in [-0.39, 0.29) is 24.5 Å². The normalized spacial score (nSPS) is 18.3. The molecule has 2 amide bonds. The maximum Gasteiger partial charge on any atom is 0.251 e. The molecule has 0 saturated carbocycles. The molecule has 134 valence electrons. The number of nitrogens with one attached hydrogen (secondary N) is 1. The molecule has 2 aromatic carbocycles. The number of hydrogen-bond acceptors (Lipinski definition) is 4. The fraction of sp³-hybridized carbons (Fsp3) is 0.263. The topological polar surface area (TPSA) is 67.9 Å². The van der Waals surface area contributed by atoms with Crippen LogP contribution in [0.3, 0.4) is 0 Å². The van der Waals surface area contributed by atoms with E-state index in [1.165, 1.54) is 0 Å². The summed E-state index contributed by atoms with van der Waals surface area (Å²) in [6.45, 7) is 1.23. The summed E-state index contributed by atoms with van der Waals surface area (Å²) in [5, 5.41) is 2.92. The van der Waals surface area contributed by atoms with Gasteiger partial charge in [0.05, 0.1) is 0 Å². The predicted molar refractivity (Wildman–Crippen MR) is 99.5 cm³/mol. The molecule has 2 aromatic rings. The highest BCUT2D eigenvalue weighted by atomic mass is 79.9. The average molecular weight is 417 g/mol. The number of nitrogens with zero attached hydrogens (tertiary/aromatic N) is 1. The third-order valence-corrected chi connectivity index (χ3v) is 5.00. The molecule has 2 aliphatic rings. The molecule has 6 nitrogen and oxygen atoms in total. The van der Waals surface area contributed by atoms with E-state index in [4.69, 9.17) is 9.47 Å². The van der Waals surface area contributed by atoms with Crippen LogP contribution in [0.5, 0.6) is 11.5 Å². The zero-order chi connectivity index (χ0) is 18.1. The molecule has 1 saturated heterocycles. The van der Waals surface area contributed by atoms with E-state index >= 15 is 0 Å². The molecule has 0 bridgehead atoms. The number of benzene rings is 2. The van der Waals surface area contributed by atoms with Crippen LogP contribution < -0.4 is 19.7 Å². The van der Waals surface area contributed by atoms with Crippen LogP contribution >= 0.6 is 15.9 Å². The van der Waals surface area contributed by atoms with Gasteiger partial charge >= 0.3 is 0 Å². The lowest BCUT2D eigenvalue weighted by molar-refractivity contribution is -0.117. The van der Waals surface area contributed by atoms with Crippen molar-refractivity contribution >= 4 is 33.4 Å². The van der Waals surface area contributed by atoms with E-state index in [2.05, 4.69) is 21.2 Å². The maximum atomic E-state index is 12.4. The summed E-state index contributed by atoms with van der Waals surface area (Å²) in [6.07, 6.45) is 0.410. The van der Waals surface area contributed by atoms with Crippen molar-refractivity contribution in [2.45, 2.75) is 6.42 Å². The van der Waals surface area contributed by atoms with E-state index in [1.807, 2.05) is 30.3 Å². The van der Waals surface area contributed by atoms with E-state index in [0.29, 0.717) is 36.6 Å². The first-order valence-electron chi connectivity index (χ1n) is 8.34. The quantitative estimate of drug-likeness (QED) is 0.831. The molecule has 1 fully saturated rings. The van der Waals surface area contributed by atoms with Crippen molar-refractivity contribution in [3.63, 3.8) is 0 Å². The van der Waals surface area contributed by atoms with Gasteiger partial charge < -0.3 is 19.7 Å². The van der Waals surface area contributed by atoms with Crippen LogP contribution in [0.15, 0.2) is 46.9 Å². The molecular formula is C19H17BrN2O4. The lowest BCUT2D eigenvalue weighted by Crippen LogP contribution is -2.31. The Labute approximate surface area is 159 Å². The molecule has 0 aliphatic carbocycles. The second kappa shape index (κ2) is 6.99. The lowest BCUT2D eigenvalue weighted by atomic mass is 10.1. The first-order valence-corrected chi connectivity index (χ1v) is 9.13. The van der Waals surface area contributed by atoms with Crippen molar-refractivity contribution < 1.29 is 19.1 Å². The highest BCUT2D eigenvalue weighted by molar-refractivity contribution is 9.10. The Hall–Kier alpha value is -2.54. The summed E-state index contributed by atoms with van der Waals surface area (Å²) in [5.74, 6) is 1.33. The van der Waals surface area contributed by atoms with E-state index in [9.17, 15) is 9.59 Å². The first-order chi connectivity index (χ1) is 12.6. The van der Waals surface area contributed by atoms with Gasteiger partial charge in [-0.15, -0.1) is 0 Å². The van der Waals surface area contributed by atoms with Crippen molar-refractivity contribution in [2.75, 3.05) is 24.8 Å². The molecule has 1 N–H and O–H groups in total. The van der Waals surface area contributed by atoms with Gasteiger partial charge in [-0.25, -0.2) is 0 Å². The molecule has 26 heavy (non-hydrogen) atoms. The van der Waals surface area contributed by atoms with Gasteiger partial charge in [-0.05, 0) is 30.3 Å². The second-order valence-electron chi connectivity index (χ2n) is 6.33. The molecule has 7 heteroatoms. The number of carbonyl (C=O) groups is 2. The van der Waals surface area contributed by atoms with Crippen LogP contribution in [0.1, 0.15) is 16.8 Å². The lowest BCUT2D eigenvalue weighted by Gasteiger charge is -2.17. The van der Waals surface area contributed by atoms with Crippen molar-refractivity contribution in [3.05, 3.63) is 52.5 Å². The minimum Gasteiger partial charge on any atom is -0.454 e. The van der Waals surface area contributed by atoms with Crippen LogP contribution in [-0.4, -0.2) is 31.7 Å². The van der Waals surface area contributed by atoms with E-state index < -0.39 is 0 Å². The number of halogens is 1.